The van der Waals surface area contributed by atoms with Crippen LogP contribution in [0, 0.1) is 5.92 Å². The predicted octanol–water partition coefficient (Wildman–Crippen LogP) is 2.81. The predicted molar refractivity (Wildman–Crippen MR) is 94.2 cm³/mol. The molecule has 0 unspecified atom stereocenters. The number of carbonyl (C=O) groups is 1. The van der Waals surface area contributed by atoms with Crippen molar-refractivity contribution in [3.05, 3.63) is 35.0 Å². The fourth-order valence-corrected chi connectivity index (χ4v) is 5.22. The van der Waals surface area contributed by atoms with Crippen LogP contribution in [-0.4, -0.2) is 40.0 Å². The Kier molecular flexibility index (Phi) is 3.81. The van der Waals surface area contributed by atoms with Crippen molar-refractivity contribution in [3.63, 3.8) is 0 Å². The quantitative estimate of drug-likeness (QED) is 0.898. The summed E-state index contributed by atoms with van der Waals surface area (Å²) in [7, 11) is 0. The summed E-state index contributed by atoms with van der Waals surface area (Å²) in [5, 5.41) is 9.92. The van der Waals surface area contributed by atoms with E-state index in [1.165, 1.54) is 24.2 Å². The second-order valence-corrected chi connectivity index (χ2v) is 7.78. The highest BCUT2D eigenvalue weighted by Gasteiger charge is 2.43. The van der Waals surface area contributed by atoms with Crippen LogP contribution in [0.2, 0.25) is 0 Å². The molecule has 126 valence electrons. The second-order valence-electron chi connectivity index (χ2n) is 6.78. The van der Waals surface area contributed by atoms with Crippen LogP contribution in [-0.2, 0) is 0 Å². The van der Waals surface area contributed by atoms with E-state index in [-0.39, 0.29) is 5.75 Å². The molecule has 0 aliphatic carbocycles. The summed E-state index contributed by atoms with van der Waals surface area (Å²) >= 11 is 1.36. The molecule has 5 nitrogen and oxygen atoms in total. The first kappa shape index (κ1) is 15.6. The van der Waals surface area contributed by atoms with Gasteiger partial charge in [-0.2, -0.15) is 0 Å². The Balaban J connectivity index is 1.82. The van der Waals surface area contributed by atoms with Crippen molar-refractivity contribution in [1.29, 1.82) is 0 Å². The molecule has 3 aliphatic rings. The normalized spacial score (nSPS) is 28.9. The maximum atomic E-state index is 11.7. The van der Waals surface area contributed by atoms with Crippen LogP contribution < -0.4 is 5.73 Å². The third kappa shape index (κ3) is 2.50. The van der Waals surface area contributed by atoms with Crippen LogP contribution in [0.1, 0.15) is 41.2 Å². The molecular formula is C18H21N3O2S. The first-order chi connectivity index (χ1) is 11.5. The summed E-state index contributed by atoms with van der Waals surface area (Å²) in [5.74, 6) is 0.709. The molecule has 24 heavy (non-hydrogen) atoms. The number of nitrogens with zero attached hydrogens (tertiary/aromatic N) is 2. The summed E-state index contributed by atoms with van der Waals surface area (Å²) in [6.07, 6.45) is 2.38. The van der Waals surface area contributed by atoms with Crippen LogP contribution in [0.4, 0.5) is 0 Å². The third-order valence-corrected chi connectivity index (χ3v) is 6.62. The minimum Gasteiger partial charge on any atom is -0.508 e. The number of fused-ring (bicyclic) bond motifs is 3. The number of carbonyl (C=O) groups excluding carboxylic acids is 1. The molecule has 3 fully saturated rings. The van der Waals surface area contributed by atoms with Crippen LogP contribution >= 0.6 is 11.3 Å². The minimum absolute atomic E-state index is 0.233. The summed E-state index contributed by atoms with van der Waals surface area (Å²) in [6.45, 7) is 4.58. The smallest absolute Gasteiger partial charge is 0.277 e. The molecule has 4 heterocycles. The van der Waals surface area contributed by atoms with Crippen molar-refractivity contribution in [1.82, 2.24) is 9.88 Å². The number of primary amides is 1. The van der Waals surface area contributed by atoms with E-state index in [2.05, 4.69) is 16.8 Å². The van der Waals surface area contributed by atoms with Gasteiger partial charge in [-0.1, -0.05) is 0 Å². The average Bonchev–Trinajstić information content (AvgIpc) is 3.02. The van der Waals surface area contributed by atoms with Gasteiger partial charge in [0.25, 0.3) is 5.91 Å². The molecule has 0 spiro atoms. The van der Waals surface area contributed by atoms with Crippen LogP contribution in [0.5, 0.6) is 5.75 Å². The first-order valence-corrected chi connectivity index (χ1v) is 9.20. The van der Waals surface area contributed by atoms with Gasteiger partial charge in [0, 0.05) is 12.0 Å². The zero-order valence-electron chi connectivity index (χ0n) is 13.6. The molecule has 5 rings (SSSR count). The SMILES string of the molecule is C[C@H]1[C@H](c2nc(C(N)=O)sc2-c2ccc(O)cc2)C2CCN1CC2. The van der Waals surface area contributed by atoms with Crippen molar-refractivity contribution in [2.75, 3.05) is 13.1 Å². The van der Waals surface area contributed by atoms with Gasteiger partial charge in [0.1, 0.15) is 5.75 Å². The van der Waals surface area contributed by atoms with Gasteiger partial charge in [0.05, 0.1) is 10.6 Å². The van der Waals surface area contributed by atoms with Gasteiger partial charge in [-0.05, 0) is 68.6 Å². The Morgan fingerprint density at radius 3 is 2.54 bits per heavy atom. The molecule has 0 radical (unpaired) electrons. The maximum Gasteiger partial charge on any atom is 0.277 e. The van der Waals surface area contributed by atoms with Crippen molar-refractivity contribution < 1.29 is 9.90 Å². The molecule has 1 amide bonds. The van der Waals surface area contributed by atoms with E-state index < -0.39 is 5.91 Å². The monoisotopic (exact) mass is 343 g/mol. The third-order valence-electron chi connectivity index (χ3n) is 5.49. The highest BCUT2D eigenvalue weighted by atomic mass is 32.1. The fraction of sp³-hybridized carbons (Fsp3) is 0.444. The lowest BCUT2D eigenvalue weighted by atomic mass is 9.72. The number of amides is 1. The van der Waals surface area contributed by atoms with Crippen LogP contribution in [0.15, 0.2) is 24.3 Å². The van der Waals surface area contributed by atoms with E-state index in [1.54, 1.807) is 12.1 Å². The van der Waals surface area contributed by atoms with E-state index in [4.69, 9.17) is 5.73 Å². The zero-order chi connectivity index (χ0) is 16.8. The van der Waals surface area contributed by atoms with Gasteiger partial charge in [-0.3, -0.25) is 9.69 Å². The van der Waals surface area contributed by atoms with Gasteiger partial charge in [-0.15, -0.1) is 11.3 Å². The number of hydrogen-bond acceptors (Lipinski definition) is 5. The van der Waals surface area contributed by atoms with Crippen LogP contribution in [0.25, 0.3) is 10.4 Å². The Hall–Kier alpha value is -1.92. The zero-order valence-corrected chi connectivity index (χ0v) is 14.4. The molecule has 6 heteroatoms. The topological polar surface area (TPSA) is 79.4 Å². The Labute approximate surface area is 145 Å². The van der Waals surface area contributed by atoms with E-state index in [0.29, 0.717) is 22.9 Å². The fourth-order valence-electron chi connectivity index (χ4n) is 4.24. The Morgan fingerprint density at radius 1 is 1.29 bits per heavy atom. The lowest BCUT2D eigenvalue weighted by Crippen LogP contribution is -2.52. The van der Waals surface area contributed by atoms with Crippen molar-refractivity contribution in [3.8, 4) is 16.2 Å². The van der Waals surface area contributed by atoms with Crippen molar-refractivity contribution in [2.45, 2.75) is 31.7 Å². The van der Waals surface area contributed by atoms with E-state index in [9.17, 15) is 9.90 Å². The summed E-state index contributed by atoms with van der Waals surface area (Å²) in [4.78, 5) is 19.9. The first-order valence-electron chi connectivity index (χ1n) is 8.38. The second kappa shape index (κ2) is 5.86. The Morgan fingerprint density at radius 2 is 1.96 bits per heavy atom. The molecule has 0 saturated carbocycles. The van der Waals surface area contributed by atoms with Crippen molar-refractivity contribution in [2.24, 2.45) is 11.7 Å². The number of thiazole rings is 1. The van der Waals surface area contributed by atoms with Gasteiger partial charge in [0.2, 0.25) is 0 Å². The molecule has 3 N–H and O–H groups in total. The molecule has 2 aromatic rings. The number of piperidine rings is 3. The van der Waals surface area contributed by atoms with E-state index >= 15 is 0 Å². The summed E-state index contributed by atoms with van der Waals surface area (Å²) in [6, 6.07) is 7.52. The number of aromatic hydroxyl groups is 1. The summed E-state index contributed by atoms with van der Waals surface area (Å²) in [5.41, 5.74) is 7.48. The molecule has 3 aliphatic heterocycles. The molecule has 3 saturated heterocycles. The minimum atomic E-state index is -0.472. The average molecular weight is 343 g/mol. The Bertz CT molecular complexity index is 761. The standard InChI is InChI=1S/C18H21N3O2S/c1-10-14(11-6-8-21(10)9-7-11)15-16(24-18(20-15)17(19)23)12-2-4-13(22)5-3-12/h2-5,10-11,14,22H,6-9H2,1H3,(H2,19,23)/t10-,14-/m0/s1. The summed E-state index contributed by atoms with van der Waals surface area (Å²) < 4.78 is 0. The number of benzene rings is 1. The highest BCUT2D eigenvalue weighted by molar-refractivity contribution is 7.17. The highest BCUT2D eigenvalue weighted by Crippen LogP contribution is 2.47. The van der Waals surface area contributed by atoms with Crippen LogP contribution in [0.3, 0.4) is 0 Å². The lowest BCUT2D eigenvalue weighted by molar-refractivity contribution is 0.0338. The van der Waals surface area contributed by atoms with E-state index in [1.807, 2.05) is 12.1 Å². The van der Waals surface area contributed by atoms with Gasteiger partial charge in [-0.25, -0.2) is 4.98 Å². The molecule has 2 bridgehead atoms. The molecule has 1 aromatic carbocycles. The largest absolute Gasteiger partial charge is 0.508 e. The number of rotatable bonds is 3. The van der Waals surface area contributed by atoms with Gasteiger partial charge >= 0.3 is 0 Å². The lowest BCUT2D eigenvalue weighted by Gasteiger charge is -2.49. The number of phenols is 1. The molecular weight excluding hydrogens is 322 g/mol. The van der Waals surface area contributed by atoms with Gasteiger partial charge < -0.3 is 10.8 Å². The number of aromatic nitrogens is 1. The van der Waals surface area contributed by atoms with Crippen molar-refractivity contribution >= 4 is 17.2 Å². The van der Waals surface area contributed by atoms with Gasteiger partial charge in [0.15, 0.2) is 5.01 Å². The van der Waals surface area contributed by atoms with E-state index in [0.717, 1.165) is 29.2 Å². The molecule has 2 atom stereocenters. The maximum absolute atomic E-state index is 11.7. The number of phenolic OH excluding ortho intramolecular Hbond substituents is 1. The molecule has 1 aromatic heterocycles. The number of hydrogen-bond donors (Lipinski definition) is 2. The number of nitrogens with two attached hydrogens (primary N) is 1.